The number of aliphatic imine (C=N–C) groups is 1. The van der Waals surface area contributed by atoms with Gasteiger partial charge in [-0.05, 0) is 37.5 Å². The van der Waals surface area contributed by atoms with Gasteiger partial charge < -0.3 is 25.2 Å². The van der Waals surface area contributed by atoms with Gasteiger partial charge in [-0.15, -0.1) is 24.0 Å². The standard InChI is InChI=1S/C17H29N3O3.HI/c1-3-23-13-5-11-19-17(18-10-4-12-21)20-14-15-6-8-16(22-2)9-7-15;/h6-9,21H,3-5,10-14H2,1-2H3,(H2,18,19,20);1H. The van der Waals surface area contributed by atoms with Crippen molar-refractivity contribution in [3.8, 4) is 5.75 Å². The van der Waals surface area contributed by atoms with Crippen molar-refractivity contribution in [1.82, 2.24) is 10.6 Å². The van der Waals surface area contributed by atoms with Crippen LogP contribution in [-0.4, -0.2) is 51.1 Å². The summed E-state index contributed by atoms with van der Waals surface area (Å²) in [5.74, 6) is 1.60. The predicted molar refractivity (Wildman–Crippen MR) is 108 cm³/mol. The Kier molecular flexibility index (Phi) is 14.8. The molecule has 0 aliphatic rings. The largest absolute Gasteiger partial charge is 0.497 e. The number of rotatable bonds is 11. The van der Waals surface area contributed by atoms with Crippen LogP contribution in [0.15, 0.2) is 29.3 Å². The van der Waals surface area contributed by atoms with Gasteiger partial charge in [0.25, 0.3) is 0 Å². The first-order chi connectivity index (χ1) is 11.3. The van der Waals surface area contributed by atoms with Gasteiger partial charge in [0.05, 0.1) is 13.7 Å². The lowest BCUT2D eigenvalue weighted by Gasteiger charge is -2.12. The Morgan fingerprint density at radius 2 is 1.79 bits per heavy atom. The van der Waals surface area contributed by atoms with E-state index >= 15 is 0 Å². The van der Waals surface area contributed by atoms with Crippen LogP contribution in [-0.2, 0) is 11.3 Å². The van der Waals surface area contributed by atoms with Gasteiger partial charge >= 0.3 is 0 Å². The molecule has 0 spiro atoms. The first-order valence-corrected chi connectivity index (χ1v) is 8.13. The Bertz CT molecular complexity index is 441. The van der Waals surface area contributed by atoms with Crippen LogP contribution >= 0.6 is 24.0 Å². The van der Waals surface area contributed by atoms with Crippen molar-refractivity contribution < 1.29 is 14.6 Å². The number of aliphatic hydroxyl groups excluding tert-OH is 1. The molecule has 1 rings (SSSR count). The average Bonchev–Trinajstić information content (AvgIpc) is 2.59. The highest BCUT2D eigenvalue weighted by Crippen LogP contribution is 2.11. The number of hydrogen-bond acceptors (Lipinski definition) is 4. The minimum absolute atomic E-state index is 0. The second-order valence-electron chi connectivity index (χ2n) is 4.99. The Hall–Kier alpha value is -1.06. The zero-order valence-corrected chi connectivity index (χ0v) is 16.9. The van der Waals surface area contributed by atoms with Crippen LogP contribution in [0.2, 0.25) is 0 Å². The van der Waals surface area contributed by atoms with Gasteiger partial charge in [-0.1, -0.05) is 12.1 Å². The molecule has 7 heteroatoms. The van der Waals surface area contributed by atoms with Crippen LogP contribution in [0, 0.1) is 0 Å². The van der Waals surface area contributed by atoms with Gasteiger partial charge in [0.2, 0.25) is 0 Å². The van der Waals surface area contributed by atoms with Gasteiger partial charge in [0, 0.05) is 32.9 Å². The maximum atomic E-state index is 8.88. The summed E-state index contributed by atoms with van der Waals surface area (Å²) in [5.41, 5.74) is 1.11. The highest BCUT2D eigenvalue weighted by Gasteiger charge is 1.99. The molecule has 0 amide bonds. The number of nitrogens with zero attached hydrogens (tertiary/aromatic N) is 1. The fourth-order valence-electron chi connectivity index (χ4n) is 1.89. The molecule has 0 atom stereocenters. The molecule has 0 bridgehead atoms. The van der Waals surface area contributed by atoms with E-state index in [1.165, 1.54) is 0 Å². The molecule has 0 fully saturated rings. The Labute approximate surface area is 162 Å². The van der Waals surface area contributed by atoms with E-state index in [4.69, 9.17) is 14.6 Å². The number of guanidine groups is 1. The minimum atomic E-state index is 0. The lowest BCUT2D eigenvalue weighted by Crippen LogP contribution is -2.38. The number of nitrogens with one attached hydrogen (secondary N) is 2. The zero-order valence-electron chi connectivity index (χ0n) is 14.6. The molecule has 1 aromatic carbocycles. The van der Waals surface area contributed by atoms with E-state index in [-0.39, 0.29) is 30.6 Å². The average molecular weight is 451 g/mol. The van der Waals surface area contributed by atoms with Crippen molar-refractivity contribution in [3.63, 3.8) is 0 Å². The van der Waals surface area contributed by atoms with E-state index in [0.29, 0.717) is 19.5 Å². The van der Waals surface area contributed by atoms with Crippen LogP contribution in [0.3, 0.4) is 0 Å². The molecule has 6 nitrogen and oxygen atoms in total. The van der Waals surface area contributed by atoms with Gasteiger partial charge in [-0.25, -0.2) is 4.99 Å². The molecule has 24 heavy (non-hydrogen) atoms. The molecule has 3 N–H and O–H groups in total. The molecule has 0 saturated carbocycles. The molecule has 0 aromatic heterocycles. The van der Waals surface area contributed by atoms with E-state index in [9.17, 15) is 0 Å². The number of hydrogen-bond donors (Lipinski definition) is 3. The monoisotopic (exact) mass is 451 g/mol. The normalized spacial score (nSPS) is 10.9. The van der Waals surface area contributed by atoms with Crippen LogP contribution in [0.4, 0.5) is 0 Å². The van der Waals surface area contributed by atoms with E-state index in [1.807, 2.05) is 31.2 Å². The molecule has 138 valence electrons. The van der Waals surface area contributed by atoms with Crippen molar-refractivity contribution in [2.45, 2.75) is 26.3 Å². The molecule has 0 unspecified atom stereocenters. The third kappa shape index (κ3) is 10.7. The van der Waals surface area contributed by atoms with Crippen molar-refractivity contribution in [2.75, 3.05) is 40.0 Å². The molecule has 1 aromatic rings. The summed E-state index contributed by atoms with van der Waals surface area (Å²) in [6, 6.07) is 7.87. The quantitative estimate of drug-likeness (QED) is 0.208. The van der Waals surface area contributed by atoms with Crippen molar-refractivity contribution in [1.29, 1.82) is 0 Å². The fourth-order valence-corrected chi connectivity index (χ4v) is 1.89. The predicted octanol–water partition coefficient (Wildman–Crippen LogP) is 2.16. The SMILES string of the molecule is CCOCCCNC(=NCc1ccc(OC)cc1)NCCCO.I. The second kappa shape index (κ2) is 15.5. The van der Waals surface area contributed by atoms with Crippen LogP contribution in [0.1, 0.15) is 25.3 Å². The van der Waals surface area contributed by atoms with Crippen molar-refractivity contribution in [3.05, 3.63) is 29.8 Å². The summed E-state index contributed by atoms with van der Waals surface area (Å²) in [6.07, 6.45) is 1.62. The highest BCUT2D eigenvalue weighted by molar-refractivity contribution is 14.0. The smallest absolute Gasteiger partial charge is 0.191 e. The zero-order chi connectivity index (χ0) is 16.8. The molecule has 0 saturated heterocycles. The summed E-state index contributed by atoms with van der Waals surface area (Å²) < 4.78 is 10.5. The summed E-state index contributed by atoms with van der Waals surface area (Å²) >= 11 is 0. The third-order valence-corrected chi connectivity index (χ3v) is 3.17. The first-order valence-electron chi connectivity index (χ1n) is 8.13. The number of ether oxygens (including phenoxy) is 2. The molecular weight excluding hydrogens is 421 g/mol. The molecule has 0 aliphatic carbocycles. The van der Waals surface area contributed by atoms with E-state index in [2.05, 4.69) is 15.6 Å². The number of aliphatic hydroxyl groups is 1. The molecule has 0 heterocycles. The lowest BCUT2D eigenvalue weighted by atomic mass is 10.2. The molecular formula is C17H30IN3O3. The topological polar surface area (TPSA) is 75.1 Å². The summed E-state index contributed by atoms with van der Waals surface area (Å²) in [6.45, 7) is 5.72. The summed E-state index contributed by atoms with van der Waals surface area (Å²) in [4.78, 5) is 4.57. The highest BCUT2D eigenvalue weighted by atomic mass is 127. The first kappa shape index (κ1) is 22.9. The van der Waals surface area contributed by atoms with Crippen LogP contribution in [0.25, 0.3) is 0 Å². The molecule has 0 radical (unpaired) electrons. The minimum Gasteiger partial charge on any atom is -0.497 e. The number of methoxy groups -OCH3 is 1. The van der Waals surface area contributed by atoms with Gasteiger partial charge in [0.15, 0.2) is 5.96 Å². The van der Waals surface area contributed by atoms with Crippen molar-refractivity contribution in [2.24, 2.45) is 4.99 Å². The molecule has 0 aliphatic heterocycles. The Morgan fingerprint density at radius 1 is 1.12 bits per heavy atom. The second-order valence-corrected chi connectivity index (χ2v) is 4.99. The Morgan fingerprint density at radius 3 is 2.38 bits per heavy atom. The summed E-state index contributed by atoms with van der Waals surface area (Å²) in [5, 5.41) is 15.4. The van der Waals surface area contributed by atoms with Gasteiger partial charge in [-0.3, -0.25) is 0 Å². The van der Waals surface area contributed by atoms with Crippen LogP contribution < -0.4 is 15.4 Å². The Balaban J connectivity index is 0.00000529. The van der Waals surface area contributed by atoms with Crippen molar-refractivity contribution >= 4 is 29.9 Å². The van der Waals surface area contributed by atoms with E-state index in [0.717, 1.165) is 43.5 Å². The van der Waals surface area contributed by atoms with E-state index in [1.54, 1.807) is 7.11 Å². The number of halogens is 1. The third-order valence-electron chi connectivity index (χ3n) is 3.17. The van der Waals surface area contributed by atoms with Crippen LogP contribution in [0.5, 0.6) is 5.75 Å². The van der Waals surface area contributed by atoms with E-state index < -0.39 is 0 Å². The number of benzene rings is 1. The fraction of sp³-hybridized carbons (Fsp3) is 0.588. The summed E-state index contributed by atoms with van der Waals surface area (Å²) in [7, 11) is 1.66. The van der Waals surface area contributed by atoms with Gasteiger partial charge in [-0.2, -0.15) is 0 Å². The maximum Gasteiger partial charge on any atom is 0.191 e. The van der Waals surface area contributed by atoms with Gasteiger partial charge in [0.1, 0.15) is 5.75 Å². The maximum absolute atomic E-state index is 8.88. The lowest BCUT2D eigenvalue weighted by molar-refractivity contribution is 0.145.